The molecule has 0 aromatic heterocycles. The normalized spacial score (nSPS) is 31.3. The van der Waals surface area contributed by atoms with Crippen molar-refractivity contribution in [3.63, 3.8) is 0 Å². The van der Waals surface area contributed by atoms with Gasteiger partial charge in [-0.15, -0.1) is 0 Å². The zero-order valence-electron chi connectivity index (χ0n) is 13.8. The zero-order chi connectivity index (χ0) is 16.3. The van der Waals surface area contributed by atoms with Gasteiger partial charge >= 0.3 is 6.03 Å². The first-order valence-corrected chi connectivity index (χ1v) is 9.65. The minimum Gasteiger partial charge on any atom is -0.334 e. The molecule has 0 bridgehead atoms. The third-order valence-corrected chi connectivity index (χ3v) is 7.08. The van der Waals surface area contributed by atoms with Crippen LogP contribution in [0.2, 0.25) is 0 Å². The Morgan fingerprint density at radius 2 is 1.50 bits per heavy atom. The molecule has 2 amide bonds. The molecule has 2 aliphatic rings. The molecule has 2 fully saturated rings. The second-order valence-corrected chi connectivity index (χ2v) is 8.99. The van der Waals surface area contributed by atoms with Gasteiger partial charge in [-0.3, -0.25) is 0 Å². The highest BCUT2D eigenvalue weighted by Gasteiger charge is 2.38. The molecule has 2 rings (SSSR count). The lowest BCUT2D eigenvalue weighted by molar-refractivity contribution is 0.186. The van der Waals surface area contributed by atoms with Gasteiger partial charge in [0.2, 0.25) is 0 Å². The van der Waals surface area contributed by atoms with E-state index in [9.17, 15) is 13.2 Å². The SMILES string of the molecule is C[C@@H]1[C@H](NC(=O)N2CCN(C)CCN(C)CC2)CCS1(=O)=O. The number of amides is 2. The van der Waals surface area contributed by atoms with Gasteiger partial charge in [0.15, 0.2) is 9.84 Å². The maximum atomic E-state index is 12.5. The number of carbonyl (C=O) groups excluding carboxylic acids is 1. The Bertz CT molecular complexity index is 482. The van der Waals surface area contributed by atoms with Gasteiger partial charge in [0.05, 0.1) is 11.0 Å². The van der Waals surface area contributed by atoms with Gasteiger partial charge in [0.25, 0.3) is 0 Å². The molecule has 2 aliphatic heterocycles. The van der Waals surface area contributed by atoms with Crippen molar-refractivity contribution in [3.8, 4) is 0 Å². The average Bonchev–Trinajstić information content (AvgIpc) is 2.75. The lowest BCUT2D eigenvalue weighted by atomic mass is 10.2. The molecular formula is C14H28N4O3S. The van der Waals surface area contributed by atoms with Crippen molar-refractivity contribution in [1.82, 2.24) is 20.0 Å². The Labute approximate surface area is 133 Å². The van der Waals surface area contributed by atoms with E-state index in [2.05, 4.69) is 29.2 Å². The summed E-state index contributed by atoms with van der Waals surface area (Å²) >= 11 is 0. The largest absolute Gasteiger partial charge is 0.334 e. The van der Waals surface area contributed by atoms with Crippen LogP contribution in [0.3, 0.4) is 0 Å². The van der Waals surface area contributed by atoms with Gasteiger partial charge in [0, 0.05) is 45.3 Å². The highest BCUT2D eigenvalue weighted by Crippen LogP contribution is 2.20. The van der Waals surface area contributed by atoms with Crippen LogP contribution in [0.4, 0.5) is 4.79 Å². The van der Waals surface area contributed by atoms with Crippen LogP contribution in [0.15, 0.2) is 0 Å². The van der Waals surface area contributed by atoms with E-state index in [1.165, 1.54) is 0 Å². The van der Waals surface area contributed by atoms with Crippen LogP contribution in [-0.4, -0.2) is 99.6 Å². The van der Waals surface area contributed by atoms with Crippen molar-refractivity contribution in [2.45, 2.75) is 24.6 Å². The number of nitrogens with zero attached hydrogens (tertiary/aromatic N) is 3. The van der Waals surface area contributed by atoms with Crippen LogP contribution in [0.5, 0.6) is 0 Å². The van der Waals surface area contributed by atoms with Crippen molar-refractivity contribution >= 4 is 15.9 Å². The number of sulfone groups is 1. The number of rotatable bonds is 1. The first-order valence-electron chi connectivity index (χ1n) is 7.93. The van der Waals surface area contributed by atoms with E-state index in [4.69, 9.17) is 0 Å². The Morgan fingerprint density at radius 3 is 1.95 bits per heavy atom. The Balaban J connectivity index is 1.95. The number of nitrogens with one attached hydrogen (secondary N) is 1. The fourth-order valence-corrected chi connectivity index (χ4v) is 4.52. The molecule has 0 spiro atoms. The summed E-state index contributed by atoms with van der Waals surface area (Å²) in [6.45, 7) is 6.68. The van der Waals surface area contributed by atoms with Crippen molar-refractivity contribution in [2.24, 2.45) is 0 Å². The molecule has 128 valence electrons. The molecule has 0 unspecified atom stereocenters. The number of carbonyl (C=O) groups is 1. The number of likely N-dealkylation sites (N-methyl/N-ethyl adjacent to an activating group) is 2. The van der Waals surface area contributed by atoms with Crippen LogP contribution in [0.25, 0.3) is 0 Å². The molecular weight excluding hydrogens is 304 g/mol. The zero-order valence-corrected chi connectivity index (χ0v) is 14.6. The van der Waals surface area contributed by atoms with Gasteiger partial charge in [-0.1, -0.05) is 0 Å². The van der Waals surface area contributed by atoms with Gasteiger partial charge in [-0.2, -0.15) is 0 Å². The Kier molecular flexibility index (Phi) is 5.68. The third-order valence-electron chi connectivity index (χ3n) is 4.81. The van der Waals surface area contributed by atoms with Crippen molar-refractivity contribution in [2.75, 3.05) is 59.1 Å². The quantitative estimate of drug-likeness (QED) is 0.698. The highest BCUT2D eigenvalue weighted by atomic mass is 32.2. The molecule has 0 radical (unpaired) electrons. The third kappa shape index (κ3) is 4.33. The van der Waals surface area contributed by atoms with Crippen LogP contribution in [0.1, 0.15) is 13.3 Å². The average molecular weight is 332 g/mol. The van der Waals surface area contributed by atoms with E-state index in [1.54, 1.807) is 11.8 Å². The van der Waals surface area contributed by atoms with Crippen molar-refractivity contribution < 1.29 is 13.2 Å². The molecule has 2 saturated heterocycles. The molecule has 8 heteroatoms. The smallest absolute Gasteiger partial charge is 0.317 e. The van der Waals surface area contributed by atoms with Gasteiger partial charge < -0.3 is 20.0 Å². The summed E-state index contributed by atoms with van der Waals surface area (Å²) in [7, 11) is 1.08. The maximum absolute atomic E-state index is 12.5. The van der Waals surface area contributed by atoms with E-state index in [0.717, 1.165) is 26.2 Å². The summed E-state index contributed by atoms with van der Waals surface area (Å²) in [5.74, 6) is 0.171. The van der Waals surface area contributed by atoms with E-state index < -0.39 is 15.1 Å². The van der Waals surface area contributed by atoms with Gasteiger partial charge in [-0.25, -0.2) is 13.2 Å². The fraction of sp³-hybridized carbons (Fsp3) is 0.929. The summed E-state index contributed by atoms with van der Waals surface area (Å²) < 4.78 is 23.6. The van der Waals surface area contributed by atoms with E-state index in [-0.39, 0.29) is 17.8 Å². The lowest BCUT2D eigenvalue weighted by Gasteiger charge is -2.27. The maximum Gasteiger partial charge on any atom is 0.317 e. The minimum absolute atomic E-state index is 0.141. The predicted molar refractivity (Wildman–Crippen MR) is 86.8 cm³/mol. The van der Waals surface area contributed by atoms with Crippen molar-refractivity contribution in [1.29, 1.82) is 0 Å². The summed E-state index contributed by atoms with van der Waals surface area (Å²) in [4.78, 5) is 18.7. The number of hydrogen-bond acceptors (Lipinski definition) is 5. The van der Waals surface area contributed by atoms with E-state index in [0.29, 0.717) is 19.5 Å². The van der Waals surface area contributed by atoms with Gasteiger partial charge in [0.1, 0.15) is 0 Å². The topological polar surface area (TPSA) is 73.0 Å². The monoisotopic (exact) mass is 332 g/mol. The summed E-state index contributed by atoms with van der Waals surface area (Å²) in [5, 5.41) is 2.44. The fourth-order valence-electron chi connectivity index (χ4n) is 2.86. The molecule has 22 heavy (non-hydrogen) atoms. The van der Waals surface area contributed by atoms with E-state index >= 15 is 0 Å². The molecule has 0 saturated carbocycles. The highest BCUT2D eigenvalue weighted by molar-refractivity contribution is 7.92. The predicted octanol–water partition coefficient (Wildman–Crippen LogP) is -0.549. The standard InChI is InChI=1S/C14H28N4O3S/c1-12-13(4-11-22(12,20)21)15-14(19)18-9-7-16(2)5-6-17(3)8-10-18/h12-13H,4-11H2,1-3H3,(H,15,19)/t12-,13-/m1/s1. The molecule has 2 atom stereocenters. The molecule has 0 aromatic carbocycles. The molecule has 2 heterocycles. The van der Waals surface area contributed by atoms with Crippen LogP contribution in [0, 0.1) is 0 Å². The molecule has 7 nitrogen and oxygen atoms in total. The van der Waals surface area contributed by atoms with Crippen LogP contribution in [-0.2, 0) is 9.84 Å². The Hall–Kier alpha value is -0.860. The van der Waals surface area contributed by atoms with Crippen LogP contribution >= 0.6 is 0 Å². The van der Waals surface area contributed by atoms with Gasteiger partial charge in [-0.05, 0) is 27.4 Å². The summed E-state index contributed by atoms with van der Waals surface area (Å²) in [6, 6.07) is -0.404. The minimum atomic E-state index is -3.04. The second kappa shape index (κ2) is 7.14. The van der Waals surface area contributed by atoms with Crippen LogP contribution < -0.4 is 5.32 Å². The molecule has 0 aromatic rings. The molecule has 1 N–H and O–H groups in total. The summed E-state index contributed by atoms with van der Waals surface area (Å²) in [6.07, 6.45) is 0.517. The van der Waals surface area contributed by atoms with Crippen molar-refractivity contribution in [3.05, 3.63) is 0 Å². The summed E-state index contributed by atoms with van der Waals surface area (Å²) in [5.41, 5.74) is 0. The second-order valence-electron chi connectivity index (χ2n) is 6.51. The Morgan fingerprint density at radius 1 is 1.00 bits per heavy atom. The number of urea groups is 1. The first-order chi connectivity index (χ1) is 10.3. The first kappa shape index (κ1) is 17.5. The van der Waals surface area contributed by atoms with E-state index in [1.807, 2.05) is 0 Å². The number of hydrogen-bond donors (Lipinski definition) is 1. The lowest BCUT2D eigenvalue weighted by Crippen LogP contribution is -2.50. The molecule has 0 aliphatic carbocycles.